The Balaban J connectivity index is 2.13. The number of rotatable bonds is 9. The van der Waals surface area contributed by atoms with Crippen molar-refractivity contribution in [2.24, 2.45) is 5.92 Å². The fraction of sp³-hybridized carbons (Fsp3) is 0.667. The topological polar surface area (TPSA) is 29.1 Å². The molecular formula is C15H24ClNOS. The molecule has 19 heavy (non-hydrogen) atoms. The zero-order valence-corrected chi connectivity index (χ0v) is 13.4. The second-order valence-corrected chi connectivity index (χ2v) is 6.42. The highest BCUT2D eigenvalue weighted by Crippen LogP contribution is 2.17. The van der Waals surface area contributed by atoms with Gasteiger partial charge in [0.05, 0.1) is 5.38 Å². The third-order valence-corrected chi connectivity index (χ3v) is 4.91. The largest absolute Gasteiger partial charge is 0.355 e. The van der Waals surface area contributed by atoms with E-state index in [1.54, 1.807) is 11.3 Å². The van der Waals surface area contributed by atoms with Gasteiger partial charge in [0.1, 0.15) is 0 Å². The van der Waals surface area contributed by atoms with Gasteiger partial charge in [0, 0.05) is 17.8 Å². The van der Waals surface area contributed by atoms with Crippen LogP contribution >= 0.6 is 22.9 Å². The number of hydrogen-bond acceptors (Lipinski definition) is 2. The minimum atomic E-state index is 0.0521. The Morgan fingerprint density at radius 3 is 2.74 bits per heavy atom. The number of carbonyl (C=O) groups excluding carboxylic acids is 1. The first-order valence-corrected chi connectivity index (χ1v) is 8.42. The van der Waals surface area contributed by atoms with Crippen LogP contribution in [0.15, 0.2) is 17.5 Å². The van der Waals surface area contributed by atoms with E-state index in [0.717, 1.165) is 25.7 Å². The Morgan fingerprint density at radius 2 is 2.16 bits per heavy atom. The first kappa shape index (κ1) is 16.5. The van der Waals surface area contributed by atoms with E-state index in [1.165, 1.54) is 4.88 Å². The second-order valence-electron chi connectivity index (χ2n) is 4.83. The number of halogens is 1. The SMILES string of the molecule is CCC(CC)C(Cl)CNC(=O)CCCc1cccs1. The van der Waals surface area contributed by atoms with Crippen molar-refractivity contribution in [2.75, 3.05) is 6.54 Å². The molecule has 1 unspecified atom stereocenters. The molecule has 0 aromatic carbocycles. The summed E-state index contributed by atoms with van der Waals surface area (Å²) < 4.78 is 0. The molecule has 0 saturated carbocycles. The van der Waals surface area contributed by atoms with Gasteiger partial charge in [-0.2, -0.15) is 0 Å². The minimum absolute atomic E-state index is 0.0521. The van der Waals surface area contributed by atoms with Crippen molar-refractivity contribution in [3.05, 3.63) is 22.4 Å². The second kappa shape index (κ2) is 9.38. The number of carbonyl (C=O) groups is 1. The van der Waals surface area contributed by atoms with Gasteiger partial charge < -0.3 is 5.32 Å². The first-order chi connectivity index (χ1) is 9.17. The average molecular weight is 302 g/mol. The number of aryl methyl sites for hydroxylation is 1. The van der Waals surface area contributed by atoms with Crippen LogP contribution in [0.4, 0.5) is 0 Å². The van der Waals surface area contributed by atoms with E-state index in [2.05, 4.69) is 30.6 Å². The summed E-state index contributed by atoms with van der Waals surface area (Å²) in [5, 5.41) is 5.07. The van der Waals surface area contributed by atoms with E-state index in [9.17, 15) is 4.79 Å². The van der Waals surface area contributed by atoms with Crippen LogP contribution < -0.4 is 5.32 Å². The molecule has 1 N–H and O–H groups in total. The van der Waals surface area contributed by atoms with Crippen LogP contribution in [0.1, 0.15) is 44.4 Å². The van der Waals surface area contributed by atoms with E-state index in [4.69, 9.17) is 11.6 Å². The Morgan fingerprint density at radius 1 is 1.42 bits per heavy atom. The van der Waals surface area contributed by atoms with Gasteiger partial charge >= 0.3 is 0 Å². The molecule has 0 aliphatic rings. The summed E-state index contributed by atoms with van der Waals surface area (Å²) in [6, 6.07) is 4.16. The monoisotopic (exact) mass is 301 g/mol. The molecule has 0 aliphatic carbocycles. The lowest BCUT2D eigenvalue weighted by Crippen LogP contribution is -2.33. The molecule has 1 heterocycles. The third-order valence-electron chi connectivity index (χ3n) is 3.46. The lowest BCUT2D eigenvalue weighted by molar-refractivity contribution is -0.121. The zero-order chi connectivity index (χ0) is 14.1. The van der Waals surface area contributed by atoms with Gasteiger partial charge in [-0.1, -0.05) is 32.8 Å². The smallest absolute Gasteiger partial charge is 0.220 e. The highest BCUT2D eigenvalue weighted by atomic mass is 35.5. The summed E-state index contributed by atoms with van der Waals surface area (Å²) in [6.07, 6.45) is 4.62. The molecule has 1 aromatic heterocycles. The first-order valence-electron chi connectivity index (χ1n) is 7.10. The molecule has 0 fully saturated rings. The molecule has 0 aliphatic heterocycles. The van der Waals surface area contributed by atoms with Gasteiger partial charge in [-0.25, -0.2) is 0 Å². The molecular weight excluding hydrogens is 278 g/mol. The highest BCUT2D eigenvalue weighted by Gasteiger charge is 2.16. The molecule has 2 nitrogen and oxygen atoms in total. The van der Waals surface area contributed by atoms with Gasteiger partial charge in [0.2, 0.25) is 5.91 Å². The predicted octanol–water partition coefficient (Wildman–Crippen LogP) is 4.23. The summed E-state index contributed by atoms with van der Waals surface area (Å²) in [5.74, 6) is 0.612. The maximum atomic E-state index is 11.7. The number of nitrogens with one attached hydrogen (secondary N) is 1. The molecule has 0 spiro atoms. The van der Waals surface area contributed by atoms with Gasteiger partial charge in [0.15, 0.2) is 0 Å². The molecule has 1 aromatic rings. The molecule has 1 rings (SSSR count). The normalized spacial score (nSPS) is 12.6. The lowest BCUT2D eigenvalue weighted by Gasteiger charge is -2.19. The van der Waals surface area contributed by atoms with E-state index in [-0.39, 0.29) is 11.3 Å². The van der Waals surface area contributed by atoms with Crippen LogP contribution in [-0.4, -0.2) is 17.8 Å². The quantitative estimate of drug-likeness (QED) is 0.679. The number of thiophene rings is 1. The Labute approximate surface area is 125 Å². The van der Waals surface area contributed by atoms with Gasteiger partial charge in [-0.05, 0) is 30.2 Å². The van der Waals surface area contributed by atoms with Crippen LogP contribution in [0.2, 0.25) is 0 Å². The Bertz CT molecular complexity index is 349. The summed E-state index contributed by atoms with van der Waals surface area (Å²) >= 11 is 8.04. The molecule has 0 radical (unpaired) electrons. The number of alkyl halides is 1. The Hall–Kier alpha value is -0.540. The summed E-state index contributed by atoms with van der Waals surface area (Å²) in [6.45, 7) is 4.88. The summed E-state index contributed by atoms with van der Waals surface area (Å²) in [5.41, 5.74) is 0. The van der Waals surface area contributed by atoms with Crippen molar-refractivity contribution in [2.45, 2.75) is 51.3 Å². The number of amides is 1. The molecule has 0 saturated heterocycles. The molecule has 4 heteroatoms. The third kappa shape index (κ3) is 6.44. The van der Waals surface area contributed by atoms with Crippen LogP contribution in [-0.2, 0) is 11.2 Å². The van der Waals surface area contributed by atoms with Crippen molar-refractivity contribution >= 4 is 28.8 Å². The van der Waals surface area contributed by atoms with Crippen molar-refractivity contribution in [3.8, 4) is 0 Å². The Kier molecular flexibility index (Phi) is 8.15. The van der Waals surface area contributed by atoms with Crippen LogP contribution in [0.3, 0.4) is 0 Å². The van der Waals surface area contributed by atoms with Crippen molar-refractivity contribution < 1.29 is 4.79 Å². The van der Waals surface area contributed by atoms with Crippen molar-refractivity contribution in [1.29, 1.82) is 0 Å². The van der Waals surface area contributed by atoms with Crippen molar-refractivity contribution in [3.63, 3.8) is 0 Å². The highest BCUT2D eigenvalue weighted by molar-refractivity contribution is 7.09. The molecule has 0 bridgehead atoms. The minimum Gasteiger partial charge on any atom is -0.355 e. The maximum absolute atomic E-state index is 11.7. The van der Waals surface area contributed by atoms with Gasteiger partial charge in [-0.3, -0.25) is 4.79 Å². The molecule has 1 amide bonds. The van der Waals surface area contributed by atoms with Gasteiger partial charge in [-0.15, -0.1) is 22.9 Å². The average Bonchev–Trinajstić information content (AvgIpc) is 2.91. The van der Waals surface area contributed by atoms with Crippen molar-refractivity contribution in [1.82, 2.24) is 5.32 Å². The van der Waals surface area contributed by atoms with E-state index >= 15 is 0 Å². The summed E-state index contributed by atoms with van der Waals surface area (Å²) in [7, 11) is 0. The van der Waals surface area contributed by atoms with Crippen LogP contribution in [0.25, 0.3) is 0 Å². The van der Waals surface area contributed by atoms with Gasteiger partial charge in [0.25, 0.3) is 0 Å². The fourth-order valence-electron chi connectivity index (χ4n) is 2.14. The summed E-state index contributed by atoms with van der Waals surface area (Å²) in [4.78, 5) is 13.1. The van der Waals surface area contributed by atoms with Crippen LogP contribution in [0.5, 0.6) is 0 Å². The standard InChI is InChI=1S/C15H24ClNOS/c1-3-12(4-2)14(16)11-17-15(18)9-5-7-13-8-6-10-19-13/h6,8,10,12,14H,3-5,7,9,11H2,1-2H3,(H,17,18). The molecule has 108 valence electrons. The van der Waals surface area contributed by atoms with E-state index in [0.29, 0.717) is 18.9 Å². The zero-order valence-electron chi connectivity index (χ0n) is 11.8. The number of hydrogen-bond donors (Lipinski definition) is 1. The lowest BCUT2D eigenvalue weighted by atomic mass is 9.99. The molecule has 1 atom stereocenters. The van der Waals surface area contributed by atoms with E-state index in [1.807, 2.05) is 6.07 Å². The predicted molar refractivity (Wildman–Crippen MR) is 84.0 cm³/mol. The van der Waals surface area contributed by atoms with E-state index < -0.39 is 0 Å². The fourth-order valence-corrected chi connectivity index (χ4v) is 3.33. The maximum Gasteiger partial charge on any atom is 0.220 e. The van der Waals surface area contributed by atoms with Crippen LogP contribution in [0, 0.1) is 5.92 Å².